The Balaban J connectivity index is 1.48. The molecule has 1 fully saturated rings. The molecule has 4 nitrogen and oxygen atoms in total. The summed E-state index contributed by atoms with van der Waals surface area (Å²) < 4.78 is 38.5. The van der Waals surface area contributed by atoms with Crippen LogP contribution in [-0.4, -0.2) is 25.2 Å². The van der Waals surface area contributed by atoms with E-state index < -0.39 is 12.1 Å². The van der Waals surface area contributed by atoms with Gasteiger partial charge in [-0.05, 0) is 61.2 Å². The number of rotatable bonds is 8. The van der Waals surface area contributed by atoms with E-state index in [0.29, 0.717) is 26.1 Å². The molecule has 2 N–H and O–H groups in total. The summed E-state index contributed by atoms with van der Waals surface area (Å²) in [6, 6.07) is 15.6. The van der Waals surface area contributed by atoms with Gasteiger partial charge in [0.1, 0.15) is 0 Å². The Bertz CT molecular complexity index is 827. The minimum Gasteiger partial charge on any atom is -0.372 e. The Morgan fingerprint density at radius 1 is 1.00 bits per heavy atom. The molecule has 1 aliphatic rings. The van der Waals surface area contributed by atoms with E-state index in [4.69, 9.17) is 0 Å². The first kappa shape index (κ1) is 23.0. The van der Waals surface area contributed by atoms with Crippen molar-refractivity contribution in [2.24, 2.45) is 5.92 Å². The summed E-state index contributed by atoms with van der Waals surface area (Å²) in [5.41, 5.74) is 3.82. The van der Waals surface area contributed by atoms with Crippen molar-refractivity contribution < 1.29 is 18.0 Å². The van der Waals surface area contributed by atoms with Crippen LogP contribution in [0.4, 0.5) is 30.2 Å². The molecule has 0 saturated carbocycles. The summed E-state index contributed by atoms with van der Waals surface area (Å²) >= 11 is 0. The van der Waals surface area contributed by atoms with E-state index in [1.807, 2.05) is 53.4 Å². The maximum atomic E-state index is 12.8. The monoisotopic (exact) mass is 433 g/mol. The normalized spacial score (nSPS) is 15.0. The molecule has 1 aliphatic heterocycles. The summed E-state index contributed by atoms with van der Waals surface area (Å²) in [5.74, 6) is -1.11. The topological polar surface area (TPSA) is 44.4 Å². The predicted molar refractivity (Wildman–Crippen MR) is 119 cm³/mol. The molecule has 0 radical (unpaired) electrons. The number of unbranched alkanes of at least 4 members (excludes halogenated alkanes) is 1. The highest BCUT2D eigenvalue weighted by atomic mass is 19.4. The number of carbonyl (C=O) groups is 1. The number of nitrogens with zero attached hydrogens (tertiary/aromatic N) is 1. The van der Waals surface area contributed by atoms with Crippen molar-refractivity contribution in [2.75, 3.05) is 23.3 Å². The van der Waals surface area contributed by atoms with Crippen LogP contribution in [0.3, 0.4) is 0 Å². The van der Waals surface area contributed by atoms with E-state index in [-0.39, 0.29) is 18.7 Å². The molecule has 31 heavy (non-hydrogen) atoms. The Kier molecular flexibility index (Phi) is 7.82. The van der Waals surface area contributed by atoms with Gasteiger partial charge in [-0.15, -0.1) is 0 Å². The van der Waals surface area contributed by atoms with Crippen molar-refractivity contribution >= 4 is 23.0 Å². The number of hydrogen-bond donors (Lipinski definition) is 2. The van der Waals surface area contributed by atoms with Gasteiger partial charge < -0.3 is 15.5 Å². The molecule has 3 rings (SSSR count). The number of amides is 1. The molecule has 168 valence electrons. The van der Waals surface area contributed by atoms with Crippen molar-refractivity contribution in [3.8, 4) is 0 Å². The molecule has 1 heterocycles. The molecule has 1 amide bonds. The molecule has 2 aromatic rings. The van der Waals surface area contributed by atoms with Crippen LogP contribution < -0.4 is 15.5 Å². The van der Waals surface area contributed by atoms with E-state index >= 15 is 0 Å². The first-order chi connectivity index (χ1) is 14.8. The maximum Gasteiger partial charge on any atom is 0.391 e. The lowest BCUT2D eigenvalue weighted by Gasteiger charge is -2.34. The Morgan fingerprint density at radius 3 is 2.13 bits per heavy atom. The van der Waals surface area contributed by atoms with Gasteiger partial charge in [0.25, 0.3) is 0 Å². The average molecular weight is 434 g/mol. The number of carbonyl (C=O) groups excluding carboxylic acids is 1. The minimum atomic E-state index is -4.09. The fraction of sp³-hybridized carbons (Fsp3) is 0.458. The van der Waals surface area contributed by atoms with Crippen LogP contribution in [0.1, 0.15) is 44.6 Å². The molecule has 2 aromatic carbocycles. The van der Waals surface area contributed by atoms with Gasteiger partial charge in [-0.3, -0.25) is 4.79 Å². The average Bonchev–Trinajstić information content (AvgIpc) is 2.77. The second kappa shape index (κ2) is 10.6. The van der Waals surface area contributed by atoms with Crippen LogP contribution in [0, 0.1) is 5.92 Å². The number of anilines is 3. The largest absolute Gasteiger partial charge is 0.391 e. The first-order valence-electron chi connectivity index (χ1n) is 10.9. The molecule has 0 atom stereocenters. The van der Waals surface area contributed by atoms with Crippen molar-refractivity contribution in [3.05, 3.63) is 54.1 Å². The van der Waals surface area contributed by atoms with Crippen LogP contribution in [0.2, 0.25) is 0 Å². The second-order valence-corrected chi connectivity index (χ2v) is 8.05. The number of halogens is 3. The third-order valence-corrected chi connectivity index (χ3v) is 5.68. The van der Waals surface area contributed by atoms with Crippen LogP contribution in [0.5, 0.6) is 0 Å². The van der Waals surface area contributed by atoms with E-state index in [2.05, 4.69) is 17.6 Å². The molecule has 0 spiro atoms. The van der Waals surface area contributed by atoms with E-state index in [1.54, 1.807) is 0 Å². The molecule has 7 heteroatoms. The lowest BCUT2D eigenvalue weighted by Crippen LogP contribution is -2.38. The molecule has 0 aliphatic carbocycles. The highest BCUT2D eigenvalue weighted by Gasteiger charge is 2.41. The number of piperidine rings is 1. The summed E-state index contributed by atoms with van der Waals surface area (Å²) in [4.78, 5) is 13.7. The van der Waals surface area contributed by atoms with Crippen LogP contribution in [0.15, 0.2) is 48.5 Å². The highest BCUT2D eigenvalue weighted by molar-refractivity contribution is 5.75. The number of nitrogens with one attached hydrogen (secondary N) is 2. The van der Waals surface area contributed by atoms with Crippen molar-refractivity contribution in [1.29, 1.82) is 0 Å². The Labute approximate surface area is 181 Å². The maximum absolute atomic E-state index is 12.8. The third-order valence-electron chi connectivity index (χ3n) is 5.68. The molecular formula is C24H30F3N3O. The molecular weight excluding hydrogens is 403 g/mol. The lowest BCUT2D eigenvalue weighted by atomic mass is 9.96. The number of benzene rings is 2. The summed E-state index contributed by atoms with van der Waals surface area (Å²) in [6.45, 7) is 3.43. The molecule has 0 aromatic heterocycles. The fourth-order valence-corrected chi connectivity index (χ4v) is 3.72. The summed E-state index contributed by atoms with van der Waals surface area (Å²) in [5, 5.41) is 6.25. The van der Waals surface area contributed by atoms with E-state index in [1.165, 1.54) is 0 Å². The zero-order chi connectivity index (χ0) is 22.3. The van der Waals surface area contributed by atoms with Crippen LogP contribution in [-0.2, 0) is 11.3 Å². The van der Waals surface area contributed by atoms with Gasteiger partial charge in [-0.2, -0.15) is 13.2 Å². The zero-order valence-electron chi connectivity index (χ0n) is 17.8. The minimum absolute atomic E-state index is 0.0757. The first-order valence-corrected chi connectivity index (χ1v) is 10.9. The molecule has 1 saturated heterocycles. The van der Waals surface area contributed by atoms with Crippen LogP contribution in [0.25, 0.3) is 0 Å². The van der Waals surface area contributed by atoms with Crippen molar-refractivity contribution in [3.63, 3.8) is 0 Å². The van der Waals surface area contributed by atoms with Gasteiger partial charge in [-0.1, -0.05) is 25.5 Å². The summed E-state index contributed by atoms with van der Waals surface area (Å²) in [7, 11) is 0. The lowest BCUT2D eigenvalue weighted by molar-refractivity contribution is -0.179. The Hall–Kier alpha value is -2.70. The quantitative estimate of drug-likeness (QED) is 0.535. The summed E-state index contributed by atoms with van der Waals surface area (Å²) in [6.07, 6.45) is -1.32. The third kappa shape index (κ3) is 6.91. The fourth-order valence-electron chi connectivity index (χ4n) is 3.72. The SMILES string of the molecule is CCCCC(=O)NCc1ccc(Nc2ccc(N3CCC(C(F)(F)F)CC3)cc2)cc1. The number of hydrogen-bond acceptors (Lipinski definition) is 3. The zero-order valence-corrected chi connectivity index (χ0v) is 17.8. The van der Waals surface area contributed by atoms with Gasteiger partial charge in [0.2, 0.25) is 5.91 Å². The Morgan fingerprint density at radius 2 is 1.58 bits per heavy atom. The van der Waals surface area contributed by atoms with Gasteiger partial charge in [-0.25, -0.2) is 0 Å². The van der Waals surface area contributed by atoms with Gasteiger partial charge in [0, 0.05) is 43.1 Å². The van der Waals surface area contributed by atoms with E-state index in [9.17, 15) is 18.0 Å². The molecule has 0 unspecified atom stereocenters. The van der Waals surface area contributed by atoms with Crippen molar-refractivity contribution in [1.82, 2.24) is 5.32 Å². The molecule has 0 bridgehead atoms. The van der Waals surface area contributed by atoms with Gasteiger partial charge in [0.05, 0.1) is 5.92 Å². The number of alkyl halides is 3. The van der Waals surface area contributed by atoms with Crippen molar-refractivity contribution in [2.45, 2.75) is 51.7 Å². The van der Waals surface area contributed by atoms with Gasteiger partial charge in [0.15, 0.2) is 0 Å². The second-order valence-electron chi connectivity index (χ2n) is 8.05. The standard InChI is InChI=1S/C24H30F3N3O/c1-2-3-4-23(31)28-17-18-5-7-20(8-6-18)29-21-9-11-22(12-10-21)30-15-13-19(14-16-30)24(25,26)27/h5-12,19,29H,2-4,13-17H2,1H3,(H,28,31). The van der Waals surface area contributed by atoms with Crippen LogP contribution >= 0.6 is 0 Å². The van der Waals surface area contributed by atoms with Gasteiger partial charge >= 0.3 is 6.18 Å². The van der Waals surface area contributed by atoms with E-state index in [0.717, 1.165) is 35.5 Å². The smallest absolute Gasteiger partial charge is 0.372 e. The highest BCUT2D eigenvalue weighted by Crippen LogP contribution is 2.35. The predicted octanol–water partition coefficient (Wildman–Crippen LogP) is 6.02.